The number of carbonyl (C=O) groups is 1. The van der Waals surface area contributed by atoms with E-state index in [2.05, 4.69) is 21.5 Å². The van der Waals surface area contributed by atoms with E-state index < -0.39 is 18.0 Å². The minimum Gasteiger partial charge on any atom is -0.404 e. The molecule has 1 aromatic carbocycles. The lowest BCUT2D eigenvalue weighted by Gasteiger charge is -2.36. The molecule has 1 aromatic rings. The predicted molar refractivity (Wildman–Crippen MR) is 90.7 cm³/mol. The third kappa shape index (κ3) is 5.02. The molecule has 0 radical (unpaired) electrons. The smallest absolute Gasteiger partial charge is 0.404 e. The Kier molecular flexibility index (Phi) is 5.78. The van der Waals surface area contributed by atoms with Gasteiger partial charge in [0.05, 0.1) is 17.1 Å². The zero-order valence-corrected chi connectivity index (χ0v) is 13.9. The number of amides is 1. The summed E-state index contributed by atoms with van der Waals surface area (Å²) in [6, 6.07) is 2.48. The molecule has 1 saturated heterocycles. The highest BCUT2D eigenvalue weighted by Crippen LogP contribution is 2.38. The Morgan fingerprint density at radius 3 is 2.52 bits per heavy atom. The van der Waals surface area contributed by atoms with Gasteiger partial charge in [-0.1, -0.05) is 13.5 Å². The second-order valence-corrected chi connectivity index (χ2v) is 5.57. The van der Waals surface area contributed by atoms with Crippen LogP contribution in [0.2, 0.25) is 0 Å². The van der Waals surface area contributed by atoms with Crippen LogP contribution in [0.1, 0.15) is 6.92 Å². The Bertz CT molecular complexity index is 641. The van der Waals surface area contributed by atoms with Crippen LogP contribution < -0.4 is 20.7 Å². The number of nitrogen functional groups attached to an aromatic ring is 1. The van der Waals surface area contributed by atoms with Crippen molar-refractivity contribution in [2.45, 2.75) is 13.3 Å². The third-order valence-corrected chi connectivity index (χ3v) is 3.96. The van der Waals surface area contributed by atoms with Crippen LogP contribution in [0, 0.1) is 0 Å². The van der Waals surface area contributed by atoms with Gasteiger partial charge in [0, 0.05) is 32.2 Å². The maximum Gasteiger partial charge on any atom is 0.573 e. The summed E-state index contributed by atoms with van der Waals surface area (Å²) in [5.41, 5.74) is 6.19. The number of hydrogen-bond acceptors (Lipinski definition) is 5. The first kappa shape index (κ1) is 18.9. The number of likely N-dealkylation sites (N-methyl/N-ethyl adjacent to an activating group) is 1. The standard InChI is InChI=1S/C16H21F3N4O2/c1-3-15(24)21-12-9-11(20)14(25-16(17,18)19)10-13(12)23-7-5-22(4-2)6-8-23/h3,9-10H,1,4-8,20H2,2H3,(H,21,24). The van der Waals surface area contributed by atoms with E-state index in [9.17, 15) is 18.0 Å². The van der Waals surface area contributed by atoms with Crippen LogP contribution in [0.4, 0.5) is 30.2 Å². The van der Waals surface area contributed by atoms with Crippen LogP contribution in [0.5, 0.6) is 5.75 Å². The average Bonchev–Trinajstić information content (AvgIpc) is 2.56. The number of nitrogens with one attached hydrogen (secondary N) is 1. The third-order valence-electron chi connectivity index (χ3n) is 3.96. The van der Waals surface area contributed by atoms with Crippen LogP contribution in [-0.4, -0.2) is 49.9 Å². The fourth-order valence-corrected chi connectivity index (χ4v) is 2.65. The highest BCUT2D eigenvalue weighted by molar-refractivity contribution is 6.02. The number of rotatable bonds is 5. The molecule has 1 heterocycles. The first-order chi connectivity index (χ1) is 11.7. The number of nitrogens with zero attached hydrogens (tertiary/aromatic N) is 2. The number of halogens is 3. The molecule has 1 fully saturated rings. The molecule has 0 bridgehead atoms. The molecule has 0 unspecified atom stereocenters. The van der Waals surface area contributed by atoms with E-state index in [0.29, 0.717) is 24.5 Å². The number of benzene rings is 1. The van der Waals surface area contributed by atoms with Gasteiger partial charge in [0.1, 0.15) is 0 Å². The van der Waals surface area contributed by atoms with Crippen LogP contribution in [0.15, 0.2) is 24.8 Å². The van der Waals surface area contributed by atoms with Crippen LogP contribution in [-0.2, 0) is 4.79 Å². The molecule has 1 aliphatic heterocycles. The van der Waals surface area contributed by atoms with Crippen molar-refractivity contribution < 1.29 is 22.7 Å². The molecule has 1 aliphatic rings. The van der Waals surface area contributed by atoms with E-state index in [-0.39, 0.29) is 5.69 Å². The van der Waals surface area contributed by atoms with Gasteiger partial charge in [-0.25, -0.2) is 0 Å². The zero-order valence-electron chi connectivity index (χ0n) is 13.9. The van der Waals surface area contributed by atoms with Gasteiger partial charge >= 0.3 is 6.36 Å². The van der Waals surface area contributed by atoms with Crippen LogP contribution in [0.25, 0.3) is 0 Å². The van der Waals surface area contributed by atoms with E-state index in [1.807, 2.05) is 11.8 Å². The lowest BCUT2D eigenvalue weighted by atomic mass is 10.1. The van der Waals surface area contributed by atoms with Crippen molar-refractivity contribution in [3.05, 3.63) is 24.8 Å². The molecule has 0 atom stereocenters. The number of anilines is 3. The fraction of sp³-hybridized carbons (Fsp3) is 0.438. The number of nitrogens with two attached hydrogens (primary N) is 1. The van der Waals surface area contributed by atoms with Gasteiger partial charge in [0.2, 0.25) is 5.91 Å². The largest absolute Gasteiger partial charge is 0.573 e. The van der Waals surface area contributed by atoms with Crippen molar-refractivity contribution >= 4 is 23.0 Å². The summed E-state index contributed by atoms with van der Waals surface area (Å²) in [5, 5.41) is 2.58. The van der Waals surface area contributed by atoms with Crippen molar-refractivity contribution in [2.75, 3.05) is 48.7 Å². The molecule has 6 nitrogen and oxygen atoms in total. The summed E-state index contributed by atoms with van der Waals surface area (Å²) in [5.74, 6) is -0.964. The predicted octanol–water partition coefficient (Wildman–Crippen LogP) is 2.43. The normalized spacial score (nSPS) is 15.8. The molecule has 0 spiro atoms. The number of piperazine rings is 1. The SMILES string of the molecule is C=CC(=O)Nc1cc(N)c(OC(F)(F)F)cc1N1CCN(CC)CC1. The van der Waals surface area contributed by atoms with E-state index in [1.54, 1.807) is 0 Å². The highest BCUT2D eigenvalue weighted by atomic mass is 19.4. The zero-order chi connectivity index (χ0) is 18.6. The van der Waals surface area contributed by atoms with Gasteiger partial charge in [-0.15, -0.1) is 13.2 Å². The van der Waals surface area contributed by atoms with Gasteiger partial charge < -0.3 is 25.6 Å². The Morgan fingerprint density at radius 1 is 1.36 bits per heavy atom. The first-order valence-electron chi connectivity index (χ1n) is 7.83. The summed E-state index contributed by atoms with van der Waals surface area (Å²) in [6.45, 7) is 9.08. The first-order valence-corrected chi connectivity index (χ1v) is 7.83. The molecule has 2 rings (SSSR count). The summed E-state index contributed by atoms with van der Waals surface area (Å²) in [6.07, 6.45) is -3.77. The van der Waals surface area contributed by atoms with Crippen molar-refractivity contribution in [1.82, 2.24) is 4.90 Å². The van der Waals surface area contributed by atoms with Crippen molar-refractivity contribution in [2.24, 2.45) is 0 Å². The Balaban J connectivity index is 2.36. The van der Waals surface area contributed by atoms with Crippen LogP contribution in [0.3, 0.4) is 0 Å². The number of carbonyl (C=O) groups excluding carboxylic acids is 1. The van der Waals surface area contributed by atoms with Gasteiger partial charge in [0.15, 0.2) is 5.75 Å². The maximum absolute atomic E-state index is 12.6. The number of ether oxygens (including phenoxy) is 1. The molecular weight excluding hydrogens is 337 g/mol. The summed E-state index contributed by atoms with van der Waals surface area (Å²) < 4.78 is 41.7. The minimum atomic E-state index is -4.85. The molecule has 25 heavy (non-hydrogen) atoms. The topological polar surface area (TPSA) is 70.8 Å². The lowest BCUT2D eigenvalue weighted by molar-refractivity contribution is -0.274. The highest BCUT2D eigenvalue weighted by Gasteiger charge is 2.33. The van der Waals surface area contributed by atoms with E-state index in [4.69, 9.17) is 5.73 Å². The second kappa shape index (κ2) is 7.64. The van der Waals surface area contributed by atoms with Gasteiger partial charge in [-0.3, -0.25) is 4.79 Å². The Morgan fingerprint density at radius 2 is 2.00 bits per heavy atom. The number of hydrogen-bond donors (Lipinski definition) is 2. The van der Waals surface area contributed by atoms with Gasteiger partial charge in [-0.2, -0.15) is 0 Å². The fourth-order valence-electron chi connectivity index (χ4n) is 2.65. The summed E-state index contributed by atoms with van der Waals surface area (Å²) in [7, 11) is 0. The van der Waals surface area contributed by atoms with Crippen molar-refractivity contribution in [3.63, 3.8) is 0 Å². The molecule has 0 saturated carbocycles. The molecule has 0 aliphatic carbocycles. The molecule has 0 aromatic heterocycles. The molecule has 1 amide bonds. The van der Waals surface area contributed by atoms with Crippen LogP contribution >= 0.6 is 0 Å². The summed E-state index contributed by atoms with van der Waals surface area (Å²) >= 11 is 0. The Labute approximate surface area is 144 Å². The molecular formula is C16H21F3N4O2. The van der Waals surface area contributed by atoms with Crippen molar-refractivity contribution in [3.8, 4) is 5.75 Å². The van der Waals surface area contributed by atoms with Gasteiger partial charge in [-0.05, 0) is 18.7 Å². The summed E-state index contributed by atoms with van der Waals surface area (Å²) in [4.78, 5) is 15.8. The molecule has 9 heteroatoms. The minimum absolute atomic E-state index is 0.215. The molecule has 3 N–H and O–H groups in total. The maximum atomic E-state index is 12.6. The van der Waals surface area contributed by atoms with E-state index >= 15 is 0 Å². The quantitative estimate of drug-likeness (QED) is 0.625. The monoisotopic (exact) mass is 358 g/mol. The Hall–Kier alpha value is -2.42. The number of alkyl halides is 3. The lowest BCUT2D eigenvalue weighted by Crippen LogP contribution is -2.46. The second-order valence-electron chi connectivity index (χ2n) is 5.57. The average molecular weight is 358 g/mol. The van der Waals surface area contributed by atoms with Crippen molar-refractivity contribution in [1.29, 1.82) is 0 Å². The van der Waals surface area contributed by atoms with E-state index in [0.717, 1.165) is 25.7 Å². The van der Waals surface area contributed by atoms with Gasteiger partial charge in [0.25, 0.3) is 0 Å². The van der Waals surface area contributed by atoms with E-state index in [1.165, 1.54) is 12.1 Å². The molecule has 138 valence electrons.